The summed E-state index contributed by atoms with van der Waals surface area (Å²) in [5.41, 5.74) is 6.36. The van der Waals surface area contributed by atoms with Crippen LogP contribution in [-0.4, -0.2) is 35.0 Å². The standard InChI is InChI=1S/C13H17N5O/c1-9-16-12-11(3-2-6-15-12)18(9)10-4-7-17(8-5-10)13(14)19/h2-3,6,10H,1,4-5,7-8H2,(H2,14,19)(H,15,16). The van der Waals surface area contributed by atoms with Crippen LogP contribution in [0, 0.1) is 0 Å². The molecule has 1 saturated heterocycles. The molecule has 0 radical (unpaired) electrons. The van der Waals surface area contributed by atoms with E-state index >= 15 is 0 Å². The summed E-state index contributed by atoms with van der Waals surface area (Å²) in [4.78, 5) is 19.3. The van der Waals surface area contributed by atoms with Crippen molar-refractivity contribution in [2.45, 2.75) is 18.9 Å². The first-order valence-corrected chi connectivity index (χ1v) is 6.41. The largest absolute Gasteiger partial charge is 0.351 e. The fraction of sp³-hybridized carbons (Fsp3) is 0.385. The Bertz CT molecular complexity index is 522. The van der Waals surface area contributed by atoms with Crippen LogP contribution in [-0.2, 0) is 0 Å². The topological polar surface area (TPSA) is 74.5 Å². The molecule has 1 fully saturated rings. The van der Waals surface area contributed by atoms with Gasteiger partial charge in [-0.2, -0.15) is 0 Å². The van der Waals surface area contributed by atoms with Crippen LogP contribution < -0.4 is 16.0 Å². The van der Waals surface area contributed by atoms with E-state index in [2.05, 4.69) is 21.8 Å². The highest BCUT2D eigenvalue weighted by molar-refractivity contribution is 5.77. The van der Waals surface area contributed by atoms with Crippen LogP contribution in [0.3, 0.4) is 0 Å². The summed E-state index contributed by atoms with van der Waals surface area (Å²) in [6, 6.07) is 3.96. The van der Waals surface area contributed by atoms with Gasteiger partial charge in [0, 0.05) is 25.3 Å². The number of amides is 2. The maximum absolute atomic E-state index is 11.1. The Kier molecular flexibility index (Phi) is 2.77. The van der Waals surface area contributed by atoms with Gasteiger partial charge in [-0.05, 0) is 25.0 Å². The number of nitrogens with zero attached hydrogens (tertiary/aromatic N) is 3. The maximum Gasteiger partial charge on any atom is 0.314 e. The van der Waals surface area contributed by atoms with Crippen molar-refractivity contribution in [2.24, 2.45) is 5.73 Å². The van der Waals surface area contributed by atoms with E-state index in [4.69, 9.17) is 5.73 Å². The van der Waals surface area contributed by atoms with Gasteiger partial charge in [-0.1, -0.05) is 6.58 Å². The lowest BCUT2D eigenvalue weighted by Crippen LogP contribution is -2.47. The third kappa shape index (κ3) is 1.99. The van der Waals surface area contributed by atoms with Gasteiger partial charge in [0.05, 0.1) is 5.69 Å². The molecule has 100 valence electrons. The molecule has 3 rings (SSSR count). The fourth-order valence-corrected chi connectivity index (χ4v) is 2.79. The van der Waals surface area contributed by atoms with E-state index in [9.17, 15) is 4.79 Å². The van der Waals surface area contributed by atoms with Gasteiger partial charge in [0.15, 0.2) is 5.82 Å². The zero-order valence-corrected chi connectivity index (χ0v) is 10.7. The van der Waals surface area contributed by atoms with Crippen LogP contribution in [0.2, 0.25) is 0 Å². The molecule has 0 aliphatic carbocycles. The Labute approximate surface area is 111 Å². The smallest absolute Gasteiger partial charge is 0.314 e. The molecule has 1 aromatic rings. The van der Waals surface area contributed by atoms with E-state index in [-0.39, 0.29) is 6.03 Å². The summed E-state index contributed by atoms with van der Waals surface area (Å²) in [6.07, 6.45) is 3.54. The lowest BCUT2D eigenvalue weighted by Gasteiger charge is -2.37. The van der Waals surface area contributed by atoms with Gasteiger partial charge in [-0.25, -0.2) is 9.78 Å². The number of pyridine rings is 1. The molecule has 0 aromatic carbocycles. The van der Waals surface area contributed by atoms with Crippen molar-refractivity contribution in [1.29, 1.82) is 0 Å². The van der Waals surface area contributed by atoms with Crippen molar-refractivity contribution in [2.75, 3.05) is 23.3 Å². The maximum atomic E-state index is 11.1. The molecule has 0 atom stereocenters. The number of rotatable bonds is 1. The first-order chi connectivity index (χ1) is 9.16. The SMILES string of the molecule is C=C1Nc2ncccc2N1C1CCN(C(N)=O)CC1. The second-order valence-electron chi connectivity index (χ2n) is 4.87. The molecule has 2 aliphatic heterocycles. The van der Waals surface area contributed by atoms with E-state index in [1.54, 1.807) is 11.1 Å². The van der Waals surface area contributed by atoms with Crippen molar-refractivity contribution in [3.8, 4) is 0 Å². The second kappa shape index (κ2) is 4.46. The van der Waals surface area contributed by atoms with Crippen molar-refractivity contribution >= 4 is 17.5 Å². The molecule has 1 aromatic heterocycles. The highest BCUT2D eigenvalue weighted by atomic mass is 16.2. The van der Waals surface area contributed by atoms with E-state index in [1.807, 2.05) is 12.1 Å². The second-order valence-corrected chi connectivity index (χ2v) is 4.87. The number of carbonyl (C=O) groups is 1. The molecule has 0 saturated carbocycles. The van der Waals surface area contributed by atoms with Gasteiger partial charge in [-0.15, -0.1) is 0 Å². The van der Waals surface area contributed by atoms with E-state index in [0.29, 0.717) is 19.1 Å². The molecule has 0 spiro atoms. The third-order valence-electron chi connectivity index (χ3n) is 3.74. The first-order valence-electron chi connectivity index (χ1n) is 6.41. The molecular formula is C13H17N5O. The number of aromatic nitrogens is 1. The van der Waals surface area contributed by atoms with Crippen LogP contribution in [0.15, 0.2) is 30.7 Å². The fourth-order valence-electron chi connectivity index (χ4n) is 2.79. The Hall–Kier alpha value is -2.24. The highest BCUT2D eigenvalue weighted by Crippen LogP contribution is 2.37. The van der Waals surface area contributed by atoms with E-state index < -0.39 is 0 Å². The van der Waals surface area contributed by atoms with Crippen LogP contribution in [0.4, 0.5) is 16.3 Å². The number of likely N-dealkylation sites (tertiary alicyclic amines) is 1. The zero-order chi connectivity index (χ0) is 13.4. The number of urea groups is 1. The summed E-state index contributed by atoms with van der Waals surface area (Å²) in [5.74, 6) is 1.70. The van der Waals surface area contributed by atoms with Crippen LogP contribution >= 0.6 is 0 Å². The Balaban J connectivity index is 1.77. The average molecular weight is 259 g/mol. The minimum Gasteiger partial charge on any atom is -0.351 e. The molecule has 6 heteroatoms. The highest BCUT2D eigenvalue weighted by Gasteiger charge is 2.32. The molecule has 0 bridgehead atoms. The van der Waals surface area contributed by atoms with E-state index in [0.717, 1.165) is 30.2 Å². The Morgan fingerprint density at radius 1 is 1.47 bits per heavy atom. The van der Waals surface area contributed by atoms with Crippen LogP contribution in [0.25, 0.3) is 0 Å². The van der Waals surface area contributed by atoms with E-state index in [1.165, 1.54) is 0 Å². The average Bonchev–Trinajstić information content (AvgIpc) is 2.74. The number of anilines is 2. The zero-order valence-electron chi connectivity index (χ0n) is 10.7. The van der Waals surface area contributed by atoms with Crippen molar-refractivity contribution in [1.82, 2.24) is 9.88 Å². The number of nitrogens with two attached hydrogens (primary N) is 1. The minimum atomic E-state index is -0.334. The molecule has 19 heavy (non-hydrogen) atoms. The summed E-state index contributed by atoms with van der Waals surface area (Å²) < 4.78 is 0. The predicted molar refractivity (Wildman–Crippen MR) is 73.7 cm³/mol. The predicted octanol–water partition coefficient (Wildman–Crippen LogP) is 1.33. The van der Waals surface area contributed by atoms with Gasteiger partial charge in [0.25, 0.3) is 0 Å². The number of piperidine rings is 1. The number of hydrogen-bond acceptors (Lipinski definition) is 4. The van der Waals surface area contributed by atoms with Crippen molar-refractivity contribution < 1.29 is 4.79 Å². The molecule has 2 aliphatic rings. The Morgan fingerprint density at radius 3 is 2.89 bits per heavy atom. The third-order valence-corrected chi connectivity index (χ3v) is 3.74. The normalized spacial score (nSPS) is 19.3. The number of fused-ring (bicyclic) bond motifs is 1. The molecule has 3 N–H and O–H groups in total. The molecular weight excluding hydrogens is 242 g/mol. The van der Waals surface area contributed by atoms with Crippen molar-refractivity contribution in [3.05, 3.63) is 30.7 Å². The van der Waals surface area contributed by atoms with Gasteiger partial charge < -0.3 is 20.9 Å². The summed E-state index contributed by atoms with van der Waals surface area (Å²) in [7, 11) is 0. The monoisotopic (exact) mass is 259 g/mol. The van der Waals surface area contributed by atoms with Crippen LogP contribution in [0.1, 0.15) is 12.8 Å². The minimum absolute atomic E-state index is 0.334. The number of carbonyl (C=O) groups excluding carboxylic acids is 1. The summed E-state index contributed by atoms with van der Waals surface area (Å²) in [5, 5.41) is 3.19. The molecule has 3 heterocycles. The first kappa shape index (κ1) is 11.8. The lowest BCUT2D eigenvalue weighted by atomic mass is 10.0. The van der Waals surface area contributed by atoms with Gasteiger partial charge in [-0.3, -0.25) is 0 Å². The quantitative estimate of drug-likeness (QED) is 0.798. The summed E-state index contributed by atoms with van der Waals surface area (Å²) >= 11 is 0. The molecule has 0 unspecified atom stereocenters. The van der Waals surface area contributed by atoms with Crippen molar-refractivity contribution in [3.63, 3.8) is 0 Å². The molecule has 2 amide bonds. The lowest BCUT2D eigenvalue weighted by molar-refractivity contribution is 0.190. The number of primary amides is 1. The number of hydrogen-bond donors (Lipinski definition) is 2. The van der Waals surface area contributed by atoms with Gasteiger partial charge >= 0.3 is 6.03 Å². The molecule has 6 nitrogen and oxygen atoms in total. The summed E-state index contributed by atoms with van der Waals surface area (Å²) in [6.45, 7) is 5.44. The number of nitrogens with one attached hydrogen (secondary N) is 1. The van der Waals surface area contributed by atoms with Gasteiger partial charge in [0.2, 0.25) is 0 Å². The van der Waals surface area contributed by atoms with Crippen LogP contribution in [0.5, 0.6) is 0 Å². The Morgan fingerprint density at radius 2 is 2.21 bits per heavy atom. The van der Waals surface area contributed by atoms with Gasteiger partial charge in [0.1, 0.15) is 5.82 Å².